The molecule has 0 aliphatic carbocycles. The molecule has 0 unspecified atom stereocenters. The summed E-state index contributed by atoms with van der Waals surface area (Å²) in [4.78, 5) is 25.7. The molecule has 2 rings (SSSR count). The fourth-order valence-electron chi connectivity index (χ4n) is 2.75. The van der Waals surface area contributed by atoms with Gasteiger partial charge in [-0.05, 0) is 30.7 Å². The summed E-state index contributed by atoms with van der Waals surface area (Å²) in [6, 6.07) is 7.03. The van der Waals surface area contributed by atoms with Crippen molar-refractivity contribution in [1.82, 2.24) is 4.90 Å². The second-order valence-corrected chi connectivity index (χ2v) is 7.15. The first kappa shape index (κ1) is 17.7. The molecular weight excluding hydrogens is 312 g/mol. The van der Waals surface area contributed by atoms with E-state index in [4.69, 9.17) is 10.5 Å². The van der Waals surface area contributed by atoms with Crippen molar-refractivity contribution in [3.63, 3.8) is 0 Å². The molecular formula is C17H24N2O3S. The number of amides is 2. The molecule has 1 aliphatic heterocycles. The van der Waals surface area contributed by atoms with Crippen molar-refractivity contribution in [2.24, 2.45) is 5.73 Å². The Hall–Kier alpha value is -1.69. The molecule has 1 atom stereocenters. The standard InChI is InChI=1S/C17H24N2O3S/c1-2-23-13-7-5-6-10-19(11-13)17(21)14-8-3-4-9-15(14)22-12-16(18)20/h3-4,8-9,13H,2,5-7,10-12H2,1H3,(H2,18,20)/t13-/m0/s1. The maximum absolute atomic E-state index is 12.9. The minimum atomic E-state index is -0.554. The normalized spacial score (nSPS) is 18.3. The number of rotatable bonds is 6. The van der Waals surface area contributed by atoms with E-state index in [0.717, 1.165) is 38.1 Å². The molecule has 0 saturated carbocycles. The van der Waals surface area contributed by atoms with E-state index in [2.05, 4.69) is 6.92 Å². The molecule has 5 nitrogen and oxygen atoms in total. The highest BCUT2D eigenvalue weighted by atomic mass is 32.2. The number of nitrogens with two attached hydrogens (primary N) is 1. The van der Waals surface area contributed by atoms with Gasteiger partial charge in [0.25, 0.3) is 11.8 Å². The van der Waals surface area contributed by atoms with Crippen molar-refractivity contribution in [2.75, 3.05) is 25.4 Å². The van der Waals surface area contributed by atoms with Crippen molar-refractivity contribution in [2.45, 2.75) is 31.4 Å². The minimum Gasteiger partial charge on any atom is -0.483 e. The summed E-state index contributed by atoms with van der Waals surface area (Å²) in [6.45, 7) is 3.46. The molecule has 0 bridgehead atoms. The molecule has 1 aliphatic rings. The lowest BCUT2D eigenvalue weighted by atomic mass is 10.1. The van der Waals surface area contributed by atoms with Gasteiger partial charge in [-0.3, -0.25) is 9.59 Å². The number of benzene rings is 1. The zero-order chi connectivity index (χ0) is 16.7. The van der Waals surface area contributed by atoms with Crippen LogP contribution in [0, 0.1) is 0 Å². The molecule has 1 aromatic carbocycles. The molecule has 1 heterocycles. The summed E-state index contributed by atoms with van der Waals surface area (Å²) in [6.07, 6.45) is 3.33. The monoisotopic (exact) mass is 336 g/mol. The first-order valence-electron chi connectivity index (χ1n) is 8.02. The zero-order valence-corrected chi connectivity index (χ0v) is 14.3. The molecule has 2 N–H and O–H groups in total. The van der Waals surface area contributed by atoms with Crippen LogP contribution in [0.3, 0.4) is 0 Å². The van der Waals surface area contributed by atoms with Gasteiger partial charge in [0.1, 0.15) is 5.75 Å². The SMILES string of the molecule is CCS[C@H]1CCCCN(C(=O)c2ccccc2OCC(N)=O)C1. The Morgan fingerprint density at radius 2 is 2.13 bits per heavy atom. The lowest BCUT2D eigenvalue weighted by Crippen LogP contribution is -2.36. The van der Waals surface area contributed by atoms with E-state index >= 15 is 0 Å². The van der Waals surface area contributed by atoms with Gasteiger partial charge in [-0.2, -0.15) is 11.8 Å². The second kappa shape index (κ2) is 8.82. The van der Waals surface area contributed by atoms with Crippen molar-refractivity contribution >= 4 is 23.6 Å². The first-order chi connectivity index (χ1) is 11.1. The van der Waals surface area contributed by atoms with E-state index in [0.29, 0.717) is 16.6 Å². The zero-order valence-electron chi connectivity index (χ0n) is 13.5. The summed E-state index contributed by atoms with van der Waals surface area (Å²) in [5.74, 6) is 0.890. The number of primary amides is 1. The van der Waals surface area contributed by atoms with Crippen LogP contribution in [0.4, 0.5) is 0 Å². The van der Waals surface area contributed by atoms with E-state index < -0.39 is 5.91 Å². The number of ether oxygens (including phenoxy) is 1. The van der Waals surface area contributed by atoms with Crippen LogP contribution < -0.4 is 10.5 Å². The van der Waals surface area contributed by atoms with Gasteiger partial charge in [0.15, 0.2) is 6.61 Å². The number of hydrogen-bond donors (Lipinski definition) is 1. The van der Waals surface area contributed by atoms with Crippen molar-refractivity contribution in [3.8, 4) is 5.75 Å². The Morgan fingerprint density at radius 3 is 2.87 bits per heavy atom. The number of para-hydroxylation sites is 1. The third-order valence-electron chi connectivity index (χ3n) is 3.81. The number of likely N-dealkylation sites (tertiary alicyclic amines) is 1. The smallest absolute Gasteiger partial charge is 0.257 e. The molecule has 0 radical (unpaired) electrons. The maximum atomic E-state index is 12.9. The second-order valence-electron chi connectivity index (χ2n) is 5.58. The number of hydrogen-bond acceptors (Lipinski definition) is 4. The van der Waals surface area contributed by atoms with Gasteiger partial charge in [-0.25, -0.2) is 0 Å². The van der Waals surface area contributed by atoms with E-state index in [9.17, 15) is 9.59 Å². The van der Waals surface area contributed by atoms with Gasteiger partial charge in [0.2, 0.25) is 0 Å². The summed E-state index contributed by atoms with van der Waals surface area (Å²) in [5, 5.41) is 0.491. The Kier molecular flexibility index (Phi) is 6.77. The average Bonchev–Trinajstić information content (AvgIpc) is 2.78. The summed E-state index contributed by atoms with van der Waals surface area (Å²) in [5.41, 5.74) is 5.62. The lowest BCUT2D eigenvalue weighted by molar-refractivity contribution is -0.119. The molecule has 1 fully saturated rings. The van der Waals surface area contributed by atoms with Crippen LogP contribution in [-0.2, 0) is 4.79 Å². The predicted octanol–water partition coefficient (Wildman–Crippen LogP) is 2.30. The number of thioether (sulfide) groups is 1. The highest BCUT2D eigenvalue weighted by Crippen LogP contribution is 2.25. The first-order valence-corrected chi connectivity index (χ1v) is 9.07. The van der Waals surface area contributed by atoms with E-state index in [-0.39, 0.29) is 12.5 Å². The van der Waals surface area contributed by atoms with Crippen molar-refractivity contribution in [3.05, 3.63) is 29.8 Å². The van der Waals surface area contributed by atoms with Crippen LogP contribution in [-0.4, -0.2) is 47.4 Å². The fraction of sp³-hybridized carbons (Fsp3) is 0.529. The lowest BCUT2D eigenvalue weighted by Gasteiger charge is -2.25. The maximum Gasteiger partial charge on any atom is 0.257 e. The Labute approximate surface area is 141 Å². The van der Waals surface area contributed by atoms with Gasteiger partial charge >= 0.3 is 0 Å². The topological polar surface area (TPSA) is 72.6 Å². The van der Waals surface area contributed by atoms with Gasteiger partial charge in [-0.1, -0.05) is 25.5 Å². The largest absolute Gasteiger partial charge is 0.483 e. The quantitative estimate of drug-likeness (QED) is 0.865. The molecule has 23 heavy (non-hydrogen) atoms. The predicted molar refractivity (Wildman–Crippen MR) is 92.8 cm³/mol. The highest BCUT2D eigenvalue weighted by Gasteiger charge is 2.24. The van der Waals surface area contributed by atoms with Crippen LogP contribution in [0.25, 0.3) is 0 Å². The summed E-state index contributed by atoms with van der Waals surface area (Å²) in [7, 11) is 0. The Morgan fingerprint density at radius 1 is 1.35 bits per heavy atom. The Bertz CT molecular complexity index is 550. The van der Waals surface area contributed by atoms with Crippen LogP contribution >= 0.6 is 11.8 Å². The van der Waals surface area contributed by atoms with Crippen LogP contribution in [0.2, 0.25) is 0 Å². The fourth-order valence-corrected chi connectivity index (χ4v) is 3.84. The average molecular weight is 336 g/mol. The van der Waals surface area contributed by atoms with Gasteiger partial charge in [-0.15, -0.1) is 0 Å². The van der Waals surface area contributed by atoms with Crippen molar-refractivity contribution in [1.29, 1.82) is 0 Å². The molecule has 6 heteroatoms. The highest BCUT2D eigenvalue weighted by molar-refractivity contribution is 7.99. The molecule has 1 saturated heterocycles. The molecule has 126 valence electrons. The molecule has 0 spiro atoms. The summed E-state index contributed by atoms with van der Waals surface area (Å²) >= 11 is 1.91. The molecule has 2 amide bonds. The third kappa shape index (κ3) is 5.16. The van der Waals surface area contributed by atoms with E-state index in [1.54, 1.807) is 24.3 Å². The van der Waals surface area contributed by atoms with Crippen molar-refractivity contribution < 1.29 is 14.3 Å². The number of carbonyl (C=O) groups excluding carboxylic acids is 2. The number of nitrogens with zero attached hydrogens (tertiary/aromatic N) is 1. The molecule has 1 aromatic rings. The van der Waals surface area contributed by atoms with Crippen LogP contribution in [0.5, 0.6) is 5.75 Å². The van der Waals surface area contributed by atoms with Crippen LogP contribution in [0.1, 0.15) is 36.5 Å². The van der Waals surface area contributed by atoms with Gasteiger partial charge in [0, 0.05) is 18.3 Å². The van der Waals surface area contributed by atoms with Gasteiger partial charge in [0.05, 0.1) is 5.56 Å². The number of carbonyl (C=O) groups is 2. The minimum absolute atomic E-state index is 0.0336. The summed E-state index contributed by atoms with van der Waals surface area (Å²) < 4.78 is 5.39. The Balaban J connectivity index is 2.13. The third-order valence-corrected chi connectivity index (χ3v) is 4.99. The van der Waals surface area contributed by atoms with Gasteiger partial charge < -0.3 is 15.4 Å². The van der Waals surface area contributed by atoms with E-state index in [1.807, 2.05) is 16.7 Å². The van der Waals surface area contributed by atoms with E-state index in [1.165, 1.54) is 0 Å². The molecule has 0 aromatic heterocycles. The van der Waals surface area contributed by atoms with Crippen LogP contribution in [0.15, 0.2) is 24.3 Å².